The molecule has 0 radical (unpaired) electrons. The number of likely N-dealkylation sites (tertiary alicyclic amines) is 1. The largest absolute Gasteiger partial charge is 0.494 e. The lowest BCUT2D eigenvalue weighted by atomic mass is 9.62. The third kappa shape index (κ3) is 4.53. The van der Waals surface area contributed by atoms with Crippen LogP contribution in [0.2, 0.25) is 0 Å². The van der Waals surface area contributed by atoms with Crippen LogP contribution in [0.1, 0.15) is 49.7 Å². The van der Waals surface area contributed by atoms with E-state index in [1.165, 1.54) is 6.42 Å². The van der Waals surface area contributed by atoms with Crippen LogP contribution in [-0.2, 0) is 5.60 Å². The molecule has 0 unspecified atom stereocenters. The Morgan fingerprint density at radius 3 is 2.23 bits per heavy atom. The Labute approximate surface area is 180 Å². The number of benzene rings is 2. The Bertz CT molecular complexity index is 834. The fourth-order valence-electron chi connectivity index (χ4n) is 5.06. The zero-order valence-electron chi connectivity index (χ0n) is 17.7. The van der Waals surface area contributed by atoms with Gasteiger partial charge in [0.15, 0.2) is 0 Å². The molecule has 1 saturated carbocycles. The predicted molar refractivity (Wildman–Crippen MR) is 118 cm³/mol. The van der Waals surface area contributed by atoms with Crippen molar-refractivity contribution < 1.29 is 9.84 Å². The Kier molecular flexibility index (Phi) is 6.72. The molecule has 2 aliphatic rings. The highest BCUT2D eigenvalue weighted by molar-refractivity contribution is 5.34. The molecule has 2 aromatic carbocycles. The van der Waals surface area contributed by atoms with Gasteiger partial charge < -0.3 is 14.7 Å². The fraction of sp³-hybridized carbons (Fsp3) is 0.500. The van der Waals surface area contributed by atoms with E-state index in [0.29, 0.717) is 24.0 Å². The van der Waals surface area contributed by atoms with E-state index in [4.69, 9.17) is 10.00 Å². The summed E-state index contributed by atoms with van der Waals surface area (Å²) in [4.78, 5) is 2.50. The van der Waals surface area contributed by atoms with E-state index in [1.807, 2.05) is 18.2 Å². The van der Waals surface area contributed by atoms with Gasteiger partial charge in [-0.3, -0.25) is 0 Å². The number of nitriles is 1. The van der Waals surface area contributed by atoms with Crippen molar-refractivity contribution in [2.24, 2.45) is 11.8 Å². The zero-order valence-corrected chi connectivity index (χ0v) is 17.7. The molecule has 4 nitrogen and oxygen atoms in total. The van der Waals surface area contributed by atoms with Crippen LogP contribution in [0.5, 0.6) is 5.75 Å². The minimum Gasteiger partial charge on any atom is -0.494 e. The monoisotopic (exact) mass is 404 g/mol. The highest BCUT2D eigenvalue weighted by Gasteiger charge is 2.47. The standard InChI is InChI=1S/C26H32N2O2/c27-20-21-10-12-25(13-11-21)30-19-5-16-28-17-14-24(15-18-28)26(29,23-8-4-9-23)22-6-2-1-3-7-22/h1-3,6-7,10-13,23-24,29H,4-5,8-9,14-19H2/t26-/m0/s1. The first-order valence-electron chi connectivity index (χ1n) is 11.3. The summed E-state index contributed by atoms with van der Waals surface area (Å²) >= 11 is 0. The molecule has 0 bridgehead atoms. The summed E-state index contributed by atoms with van der Waals surface area (Å²) in [6.07, 6.45) is 6.64. The topological polar surface area (TPSA) is 56.5 Å². The van der Waals surface area contributed by atoms with Crippen LogP contribution in [0.15, 0.2) is 54.6 Å². The number of hydrogen-bond donors (Lipinski definition) is 1. The predicted octanol–water partition coefficient (Wildman–Crippen LogP) is 4.73. The van der Waals surface area contributed by atoms with Crippen molar-refractivity contribution in [1.82, 2.24) is 4.90 Å². The lowest BCUT2D eigenvalue weighted by Gasteiger charge is -2.49. The molecular weight excluding hydrogens is 372 g/mol. The van der Waals surface area contributed by atoms with Crippen LogP contribution in [0.25, 0.3) is 0 Å². The first-order chi connectivity index (χ1) is 14.7. The Hall–Kier alpha value is -2.35. The van der Waals surface area contributed by atoms with Crippen molar-refractivity contribution in [1.29, 1.82) is 5.26 Å². The Balaban J connectivity index is 1.25. The smallest absolute Gasteiger partial charge is 0.119 e. The molecule has 0 aromatic heterocycles. The molecule has 1 N–H and O–H groups in total. The van der Waals surface area contributed by atoms with Gasteiger partial charge >= 0.3 is 0 Å². The summed E-state index contributed by atoms with van der Waals surface area (Å²) in [5, 5.41) is 20.7. The molecular formula is C26H32N2O2. The normalized spacial score (nSPS) is 20.1. The van der Waals surface area contributed by atoms with Crippen LogP contribution in [0, 0.1) is 23.2 Å². The minimum absolute atomic E-state index is 0.344. The molecule has 4 rings (SSSR count). The second-order valence-electron chi connectivity index (χ2n) is 8.77. The minimum atomic E-state index is -0.662. The van der Waals surface area contributed by atoms with Gasteiger partial charge in [0.2, 0.25) is 0 Å². The van der Waals surface area contributed by atoms with Crippen LogP contribution < -0.4 is 4.74 Å². The average molecular weight is 405 g/mol. The molecule has 2 fully saturated rings. The maximum atomic E-state index is 11.8. The molecule has 0 amide bonds. The van der Waals surface area contributed by atoms with Gasteiger partial charge in [-0.05, 0) is 86.9 Å². The van der Waals surface area contributed by atoms with Crippen molar-refractivity contribution in [3.63, 3.8) is 0 Å². The Morgan fingerprint density at radius 1 is 0.967 bits per heavy atom. The molecule has 0 spiro atoms. The first kappa shape index (κ1) is 20.9. The van der Waals surface area contributed by atoms with Crippen LogP contribution in [0.3, 0.4) is 0 Å². The second-order valence-corrected chi connectivity index (χ2v) is 8.77. The summed E-state index contributed by atoms with van der Waals surface area (Å²) in [5.74, 6) is 1.58. The highest BCUT2D eigenvalue weighted by atomic mass is 16.5. The van der Waals surface area contributed by atoms with E-state index in [9.17, 15) is 5.11 Å². The Morgan fingerprint density at radius 2 is 1.63 bits per heavy atom. The number of nitrogens with zero attached hydrogens (tertiary/aromatic N) is 2. The molecule has 1 atom stereocenters. The van der Waals surface area contributed by atoms with Crippen LogP contribution in [0.4, 0.5) is 0 Å². The van der Waals surface area contributed by atoms with Gasteiger partial charge in [0.05, 0.1) is 23.8 Å². The van der Waals surface area contributed by atoms with E-state index in [-0.39, 0.29) is 0 Å². The average Bonchev–Trinajstić information content (AvgIpc) is 2.77. The molecule has 1 saturated heterocycles. The summed E-state index contributed by atoms with van der Waals surface area (Å²) in [7, 11) is 0. The fourth-order valence-corrected chi connectivity index (χ4v) is 5.06. The quantitative estimate of drug-likeness (QED) is 0.647. The number of aliphatic hydroxyl groups is 1. The lowest BCUT2D eigenvalue weighted by Crippen LogP contribution is -2.49. The highest BCUT2D eigenvalue weighted by Crippen LogP contribution is 2.49. The van der Waals surface area contributed by atoms with Gasteiger partial charge in [0, 0.05) is 6.54 Å². The summed E-state index contributed by atoms with van der Waals surface area (Å²) < 4.78 is 5.81. The van der Waals surface area contributed by atoms with E-state index in [2.05, 4.69) is 35.2 Å². The molecule has 1 heterocycles. The third-order valence-corrected chi connectivity index (χ3v) is 7.04. The lowest BCUT2D eigenvalue weighted by molar-refractivity contribution is -0.118. The van der Waals surface area contributed by atoms with Gasteiger partial charge in [-0.25, -0.2) is 0 Å². The van der Waals surface area contributed by atoms with Gasteiger partial charge in [0.1, 0.15) is 5.75 Å². The van der Waals surface area contributed by atoms with E-state index in [1.54, 1.807) is 12.1 Å². The van der Waals surface area contributed by atoms with Crippen molar-refractivity contribution in [2.45, 2.75) is 44.1 Å². The second kappa shape index (κ2) is 9.64. The van der Waals surface area contributed by atoms with E-state index < -0.39 is 5.60 Å². The van der Waals surface area contributed by atoms with E-state index in [0.717, 1.165) is 63.1 Å². The van der Waals surface area contributed by atoms with Crippen molar-refractivity contribution >= 4 is 0 Å². The number of hydrogen-bond acceptors (Lipinski definition) is 4. The van der Waals surface area contributed by atoms with Gasteiger partial charge in [-0.15, -0.1) is 0 Å². The zero-order chi connectivity index (χ0) is 20.8. The van der Waals surface area contributed by atoms with Gasteiger partial charge in [0.25, 0.3) is 0 Å². The van der Waals surface area contributed by atoms with Crippen LogP contribution >= 0.6 is 0 Å². The molecule has 1 aliphatic carbocycles. The van der Waals surface area contributed by atoms with Crippen LogP contribution in [-0.4, -0.2) is 36.2 Å². The number of rotatable bonds is 8. The molecule has 2 aromatic rings. The third-order valence-electron chi connectivity index (χ3n) is 7.04. The van der Waals surface area contributed by atoms with Crippen molar-refractivity contribution in [3.8, 4) is 11.8 Å². The first-order valence-corrected chi connectivity index (χ1v) is 11.3. The maximum Gasteiger partial charge on any atom is 0.119 e. The molecule has 158 valence electrons. The van der Waals surface area contributed by atoms with Crippen molar-refractivity contribution in [3.05, 3.63) is 65.7 Å². The number of ether oxygens (including phenoxy) is 1. The summed E-state index contributed by atoms with van der Waals surface area (Å²) in [5.41, 5.74) is 1.11. The molecule has 1 aliphatic heterocycles. The van der Waals surface area contributed by atoms with Crippen molar-refractivity contribution in [2.75, 3.05) is 26.2 Å². The number of piperidine rings is 1. The van der Waals surface area contributed by atoms with E-state index >= 15 is 0 Å². The van der Waals surface area contributed by atoms with Gasteiger partial charge in [-0.1, -0.05) is 36.8 Å². The molecule has 4 heteroatoms. The maximum absolute atomic E-state index is 11.8. The van der Waals surface area contributed by atoms with Gasteiger partial charge in [-0.2, -0.15) is 5.26 Å². The molecule has 30 heavy (non-hydrogen) atoms. The summed E-state index contributed by atoms with van der Waals surface area (Å²) in [6.45, 7) is 3.80. The SMILES string of the molecule is N#Cc1ccc(OCCCN2CCC([C@](O)(c3ccccc3)C3CCC3)CC2)cc1. The summed E-state index contributed by atoms with van der Waals surface area (Å²) in [6, 6.07) is 19.8.